The van der Waals surface area contributed by atoms with Crippen molar-refractivity contribution in [2.75, 3.05) is 13.1 Å². The van der Waals surface area contributed by atoms with Crippen molar-refractivity contribution in [2.24, 2.45) is 0 Å². The minimum atomic E-state index is -0.0988. The minimum absolute atomic E-state index is 0.0988. The Hall–Kier alpha value is -0.670. The van der Waals surface area contributed by atoms with Gasteiger partial charge in [0.25, 0.3) is 0 Å². The molecule has 1 heterocycles. The molecule has 1 aromatic rings. The molecule has 0 aromatic heterocycles. The topological polar surface area (TPSA) is 20.3 Å². The second-order valence-electron chi connectivity index (χ2n) is 5.53. The first kappa shape index (κ1) is 13.8. The monoisotopic (exact) mass is 283 g/mol. The lowest BCUT2D eigenvalue weighted by Gasteiger charge is -2.31. The van der Waals surface area contributed by atoms with E-state index in [1.54, 1.807) is 0 Å². The highest BCUT2D eigenvalue weighted by molar-refractivity contribution is 7.81. The van der Waals surface area contributed by atoms with E-state index >= 15 is 0 Å². The summed E-state index contributed by atoms with van der Waals surface area (Å²) in [7, 11) is 0. The van der Waals surface area contributed by atoms with E-state index in [1.165, 1.54) is 0 Å². The molecule has 4 heteroatoms. The Labute approximate surface area is 119 Å². The normalized spacial score (nSPS) is 20.6. The second-order valence-corrected chi connectivity index (χ2v) is 6.69. The van der Waals surface area contributed by atoms with E-state index in [-0.39, 0.29) is 16.6 Å². The van der Waals surface area contributed by atoms with Gasteiger partial charge in [0.1, 0.15) is 0 Å². The molecule has 1 amide bonds. The summed E-state index contributed by atoms with van der Waals surface area (Å²) in [5, 5.41) is 0.910. The molecule has 1 aliphatic rings. The predicted molar refractivity (Wildman–Crippen MR) is 78.4 cm³/mol. The van der Waals surface area contributed by atoms with Crippen LogP contribution in [0.4, 0.5) is 0 Å². The largest absolute Gasteiger partial charge is 0.341 e. The molecule has 0 spiro atoms. The lowest BCUT2D eigenvalue weighted by Crippen LogP contribution is -2.38. The molecule has 0 aliphatic carbocycles. The summed E-state index contributed by atoms with van der Waals surface area (Å²) in [5.74, 6) is 0.199. The number of carbonyl (C=O) groups is 1. The van der Waals surface area contributed by atoms with Gasteiger partial charge < -0.3 is 4.90 Å². The van der Waals surface area contributed by atoms with Gasteiger partial charge in [0.2, 0.25) is 5.91 Å². The van der Waals surface area contributed by atoms with Crippen molar-refractivity contribution >= 4 is 30.1 Å². The summed E-state index contributed by atoms with van der Waals surface area (Å²) < 4.78 is 0. The molecule has 98 valence electrons. The van der Waals surface area contributed by atoms with Gasteiger partial charge in [-0.1, -0.05) is 37.6 Å². The highest BCUT2D eigenvalue weighted by atomic mass is 35.5. The van der Waals surface area contributed by atoms with E-state index in [2.05, 4.69) is 32.5 Å². The minimum Gasteiger partial charge on any atom is -0.341 e. The molecule has 1 aromatic carbocycles. The van der Waals surface area contributed by atoms with Crippen LogP contribution in [0.25, 0.3) is 0 Å². The summed E-state index contributed by atoms with van der Waals surface area (Å²) >= 11 is 10.4. The van der Waals surface area contributed by atoms with Crippen LogP contribution in [0.15, 0.2) is 24.3 Å². The van der Waals surface area contributed by atoms with Crippen LogP contribution in [-0.2, 0) is 10.2 Å². The third-order valence-electron chi connectivity index (χ3n) is 3.39. The number of halogens is 1. The Balaban J connectivity index is 2.14. The molecule has 1 atom stereocenters. The Bertz CT molecular complexity index is 461. The number of thiol groups is 1. The molecule has 0 bridgehead atoms. The summed E-state index contributed by atoms with van der Waals surface area (Å²) in [6.45, 7) is 5.73. The van der Waals surface area contributed by atoms with E-state index in [4.69, 9.17) is 11.6 Å². The zero-order chi connectivity index (χ0) is 13.3. The SMILES string of the molecule is CC(C)(CN1CC(S)CC1=O)c1cccc(Cl)c1. The van der Waals surface area contributed by atoms with E-state index in [0.717, 1.165) is 17.1 Å². The summed E-state index contributed by atoms with van der Waals surface area (Å²) in [6.07, 6.45) is 0.550. The van der Waals surface area contributed by atoms with E-state index < -0.39 is 0 Å². The van der Waals surface area contributed by atoms with Crippen molar-refractivity contribution in [3.8, 4) is 0 Å². The van der Waals surface area contributed by atoms with Crippen LogP contribution in [0.3, 0.4) is 0 Å². The molecule has 1 unspecified atom stereocenters. The first-order valence-electron chi connectivity index (χ1n) is 6.10. The zero-order valence-corrected chi connectivity index (χ0v) is 12.3. The first-order chi connectivity index (χ1) is 8.38. The van der Waals surface area contributed by atoms with Gasteiger partial charge in [-0.15, -0.1) is 0 Å². The van der Waals surface area contributed by atoms with Gasteiger partial charge >= 0.3 is 0 Å². The molecular formula is C14H18ClNOS. The lowest BCUT2D eigenvalue weighted by atomic mass is 9.84. The number of carbonyl (C=O) groups excluding carboxylic acids is 1. The van der Waals surface area contributed by atoms with Gasteiger partial charge in [0.05, 0.1) is 0 Å². The Morgan fingerprint density at radius 2 is 2.22 bits per heavy atom. The summed E-state index contributed by atoms with van der Waals surface area (Å²) in [5.41, 5.74) is 1.06. The Morgan fingerprint density at radius 3 is 2.78 bits per heavy atom. The Kier molecular flexibility index (Phi) is 3.93. The van der Waals surface area contributed by atoms with Crippen molar-refractivity contribution in [3.05, 3.63) is 34.9 Å². The molecule has 18 heavy (non-hydrogen) atoms. The van der Waals surface area contributed by atoms with Crippen LogP contribution in [0.5, 0.6) is 0 Å². The van der Waals surface area contributed by atoms with Gasteiger partial charge in [-0.3, -0.25) is 4.79 Å². The number of rotatable bonds is 3. The fourth-order valence-corrected chi connectivity index (χ4v) is 2.93. The van der Waals surface area contributed by atoms with Gasteiger partial charge in [0, 0.05) is 35.2 Å². The summed E-state index contributed by atoms with van der Waals surface area (Å²) in [6, 6.07) is 7.85. The van der Waals surface area contributed by atoms with E-state index in [1.807, 2.05) is 23.1 Å². The number of likely N-dealkylation sites (tertiary alicyclic amines) is 1. The van der Waals surface area contributed by atoms with Crippen molar-refractivity contribution in [1.82, 2.24) is 4.90 Å². The second kappa shape index (κ2) is 5.14. The van der Waals surface area contributed by atoms with Crippen LogP contribution in [0.2, 0.25) is 5.02 Å². The quantitative estimate of drug-likeness (QED) is 0.845. The molecule has 1 saturated heterocycles. The van der Waals surface area contributed by atoms with Crippen LogP contribution in [-0.4, -0.2) is 29.1 Å². The maximum absolute atomic E-state index is 11.8. The van der Waals surface area contributed by atoms with E-state index in [9.17, 15) is 4.79 Å². The smallest absolute Gasteiger partial charge is 0.223 e. The van der Waals surface area contributed by atoms with Gasteiger partial charge in [-0.05, 0) is 17.7 Å². The fourth-order valence-electron chi connectivity index (χ4n) is 2.38. The molecular weight excluding hydrogens is 266 g/mol. The Morgan fingerprint density at radius 1 is 1.50 bits per heavy atom. The highest BCUT2D eigenvalue weighted by Gasteiger charge is 2.32. The number of amides is 1. The molecule has 2 nitrogen and oxygen atoms in total. The van der Waals surface area contributed by atoms with Crippen LogP contribution in [0.1, 0.15) is 25.8 Å². The molecule has 1 fully saturated rings. The average Bonchev–Trinajstić information content (AvgIpc) is 2.56. The first-order valence-corrected chi connectivity index (χ1v) is 7.00. The zero-order valence-electron chi connectivity index (χ0n) is 10.7. The fraction of sp³-hybridized carbons (Fsp3) is 0.500. The summed E-state index contributed by atoms with van der Waals surface area (Å²) in [4.78, 5) is 13.7. The van der Waals surface area contributed by atoms with Crippen molar-refractivity contribution in [3.63, 3.8) is 0 Å². The molecule has 1 aliphatic heterocycles. The van der Waals surface area contributed by atoms with Crippen LogP contribution in [0, 0.1) is 0 Å². The highest BCUT2D eigenvalue weighted by Crippen LogP contribution is 2.28. The van der Waals surface area contributed by atoms with Crippen molar-refractivity contribution in [1.29, 1.82) is 0 Å². The number of benzene rings is 1. The van der Waals surface area contributed by atoms with Crippen molar-refractivity contribution in [2.45, 2.75) is 30.9 Å². The third kappa shape index (κ3) is 3.01. The molecule has 2 rings (SSSR count). The van der Waals surface area contributed by atoms with Crippen LogP contribution >= 0.6 is 24.2 Å². The molecule has 0 N–H and O–H groups in total. The van der Waals surface area contributed by atoms with E-state index in [0.29, 0.717) is 13.0 Å². The predicted octanol–water partition coefficient (Wildman–Crippen LogP) is 3.15. The average molecular weight is 284 g/mol. The number of hydrogen-bond acceptors (Lipinski definition) is 2. The maximum Gasteiger partial charge on any atom is 0.223 e. The maximum atomic E-state index is 11.8. The number of nitrogens with zero attached hydrogens (tertiary/aromatic N) is 1. The third-order valence-corrected chi connectivity index (χ3v) is 3.97. The van der Waals surface area contributed by atoms with Gasteiger partial charge in [0.15, 0.2) is 0 Å². The number of hydrogen-bond donors (Lipinski definition) is 1. The molecule has 0 radical (unpaired) electrons. The molecule has 0 saturated carbocycles. The van der Waals surface area contributed by atoms with Crippen molar-refractivity contribution < 1.29 is 4.79 Å². The van der Waals surface area contributed by atoms with Crippen LogP contribution < -0.4 is 0 Å². The lowest BCUT2D eigenvalue weighted by molar-refractivity contribution is -0.128. The van der Waals surface area contributed by atoms with Gasteiger partial charge in [-0.2, -0.15) is 12.6 Å². The van der Waals surface area contributed by atoms with Gasteiger partial charge in [-0.25, -0.2) is 0 Å². The standard InChI is InChI=1S/C14H18ClNOS/c1-14(2,10-4-3-5-11(15)6-10)9-16-8-12(18)7-13(16)17/h3-6,12,18H,7-9H2,1-2H3.